The van der Waals surface area contributed by atoms with Crippen LogP contribution in [0.4, 0.5) is 16.2 Å². The highest BCUT2D eigenvalue weighted by atomic mass is 35.5. The number of nitrogens with zero attached hydrogens (tertiary/aromatic N) is 3. The molecular weight excluding hydrogens is 295 g/mol. The summed E-state index contributed by atoms with van der Waals surface area (Å²) in [5, 5.41) is 9.48. The van der Waals surface area contributed by atoms with Crippen molar-refractivity contribution < 1.29 is 9.50 Å². The fraction of sp³-hybridized carbons (Fsp3) is 0.286. The van der Waals surface area contributed by atoms with Crippen molar-refractivity contribution in [2.45, 2.75) is 12.8 Å². The minimum Gasteiger partial charge on any atom is -0.506 e. The number of hydrogen-bond donors (Lipinski definition) is 2. The Labute approximate surface area is 126 Å². The third-order valence-corrected chi connectivity index (χ3v) is 3.78. The molecular formula is C14H14ClFN4O. The molecule has 0 spiro atoms. The van der Waals surface area contributed by atoms with Crippen LogP contribution in [0.15, 0.2) is 18.2 Å². The van der Waals surface area contributed by atoms with Gasteiger partial charge in [0.15, 0.2) is 0 Å². The number of aromatic nitrogens is 2. The van der Waals surface area contributed by atoms with Gasteiger partial charge in [0.05, 0.1) is 10.7 Å². The lowest BCUT2D eigenvalue weighted by Gasteiger charge is -2.17. The van der Waals surface area contributed by atoms with Gasteiger partial charge in [0, 0.05) is 30.8 Å². The lowest BCUT2D eigenvalue weighted by Crippen LogP contribution is -2.19. The summed E-state index contributed by atoms with van der Waals surface area (Å²) in [7, 11) is 0. The maximum atomic E-state index is 14.0. The predicted octanol–water partition coefficient (Wildman–Crippen LogP) is 2.82. The highest BCUT2D eigenvalue weighted by Crippen LogP contribution is 2.33. The third-order valence-electron chi connectivity index (χ3n) is 3.47. The van der Waals surface area contributed by atoms with Crippen LogP contribution in [0.1, 0.15) is 12.8 Å². The molecule has 7 heteroatoms. The van der Waals surface area contributed by atoms with Crippen molar-refractivity contribution in [3.8, 4) is 17.0 Å². The van der Waals surface area contributed by atoms with Crippen LogP contribution in [-0.2, 0) is 0 Å². The fourth-order valence-corrected chi connectivity index (χ4v) is 2.60. The van der Waals surface area contributed by atoms with Gasteiger partial charge in [0.25, 0.3) is 0 Å². The van der Waals surface area contributed by atoms with E-state index in [1.54, 1.807) is 6.07 Å². The number of hydrogen-bond acceptors (Lipinski definition) is 5. The van der Waals surface area contributed by atoms with E-state index in [0.29, 0.717) is 11.5 Å². The number of anilines is 2. The first-order valence-corrected chi connectivity index (χ1v) is 7.00. The van der Waals surface area contributed by atoms with Crippen molar-refractivity contribution in [3.63, 3.8) is 0 Å². The Morgan fingerprint density at radius 3 is 2.62 bits per heavy atom. The van der Waals surface area contributed by atoms with E-state index in [1.165, 1.54) is 6.07 Å². The highest BCUT2D eigenvalue weighted by molar-refractivity contribution is 6.32. The Kier molecular flexibility index (Phi) is 3.55. The molecule has 3 rings (SSSR count). The number of aromatic hydroxyl groups is 1. The summed E-state index contributed by atoms with van der Waals surface area (Å²) in [6, 6.07) is 3.99. The molecule has 0 radical (unpaired) electrons. The molecule has 0 aliphatic carbocycles. The molecule has 2 aromatic rings. The Morgan fingerprint density at radius 2 is 1.90 bits per heavy atom. The Morgan fingerprint density at radius 1 is 1.19 bits per heavy atom. The molecule has 1 aromatic carbocycles. The number of rotatable bonds is 2. The van der Waals surface area contributed by atoms with Gasteiger partial charge < -0.3 is 15.7 Å². The normalized spacial score (nSPS) is 14.7. The average molecular weight is 309 g/mol. The average Bonchev–Trinajstić information content (AvgIpc) is 2.96. The molecule has 0 saturated carbocycles. The monoisotopic (exact) mass is 308 g/mol. The number of halogens is 2. The molecule has 1 saturated heterocycles. The van der Waals surface area contributed by atoms with Gasteiger partial charge >= 0.3 is 0 Å². The Balaban J connectivity index is 2.08. The molecule has 0 bridgehead atoms. The van der Waals surface area contributed by atoms with Crippen LogP contribution in [0.25, 0.3) is 11.3 Å². The quantitative estimate of drug-likeness (QED) is 0.892. The maximum Gasteiger partial charge on any atom is 0.222 e. The SMILES string of the molecule is Nc1nc(-c2cc(Cl)c(O)cc2F)cc(N2CCCC2)n1. The van der Waals surface area contributed by atoms with Crippen molar-refractivity contribution in [2.24, 2.45) is 0 Å². The summed E-state index contributed by atoms with van der Waals surface area (Å²) in [5.74, 6) is -0.154. The van der Waals surface area contributed by atoms with Gasteiger partial charge in [-0.3, -0.25) is 0 Å². The molecule has 1 aliphatic rings. The molecule has 0 amide bonds. The van der Waals surface area contributed by atoms with Crippen molar-refractivity contribution in [3.05, 3.63) is 29.0 Å². The van der Waals surface area contributed by atoms with Crippen LogP contribution in [0.5, 0.6) is 5.75 Å². The zero-order valence-corrected chi connectivity index (χ0v) is 11.9. The largest absolute Gasteiger partial charge is 0.506 e. The number of nitrogens with two attached hydrogens (primary N) is 1. The maximum absolute atomic E-state index is 14.0. The van der Waals surface area contributed by atoms with E-state index in [-0.39, 0.29) is 22.3 Å². The fourth-order valence-electron chi connectivity index (χ4n) is 2.43. The summed E-state index contributed by atoms with van der Waals surface area (Å²) < 4.78 is 14.0. The molecule has 5 nitrogen and oxygen atoms in total. The summed E-state index contributed by atoms with van der Waals surface area (Å²) in [5.41, 5.74) is 6.27. The zero-order chi connectivity index (χ0) is 15.0. The molecule has 110 valence electrons. The topological polar surface area (TPSA) is 75.3 Å². The van der Waals surface area contributed by atoms with E-state index in [0.717, 1.165) is 32.0 Å². The zero-order valence-electron chi connectivity index (χ0n) is 11.2. The molecule has 1 aromatic heterocycles. The molecule has 2 heterocycles. The van der Waals surface area contributed by atoms with E-state index < -0.39 is 5.82 Å². The standard InChI is InChI=1S/C14H14ClFN4O/c15-9-5-8(10(16)6-12(9)21)11-7-13(19-14(17)18-11)20-3-1-2-4-20/h5-7,21H,1-4H2,(H2,17,18,19). The van der Waals surface area contributed by atoms with E-state index in [1.807, 2.05) is 0 Å². The van der Waals surface area contributed by atoms with Crippen molar-refractivity contribution in [1.29, 1.82) is 0 Å². The van der Waals surface area contributed by atoms with Crippen LogP contribution >= 0.6 is 11.6 Å². The minimum atomic E-state index is -0.609. The van der Waals surface area contributed by atoms with Gasteiger partial charge in [-0.25, -0.2) is 9.37 Å². The Hall–Kier alpha value is -2.08. The molecule has 1 aliphatic heterocycles. The van der Waals surface area contributed by atoms with E-state index in [4.69, 9.17) is 17.3 Å². The third kappa shape index (κ3) is 2.71. The summed E-state index contributed by atoms with van der Waals surface area (Å²) >= 11 is 5.84. The summed E-state index contributed by atoms with van der Waals surface area (Å²) in [6.45, 7) is 1.80. The molecule has 0 unspecified atom stereocenters. The lowest BCUT2D eigenvalue weighted by molar-refractivity contribution is 0.469. The molecule has 1 fully saturated rings. The van der Waals surface area contributed by atoms with E-state index in [2.05, 4.69) is 14.9 Å². The second-order valence-corrected chi connectivity index (χ2v) is 5.35. The molecule has 0 atom stereocenters. The second kappa shape index (κ2) is 5.37. The number of phenols is 1. The number of nitrogen functional groups attached to an aromatic ring is 1. The van der Waals surface area contributed by atoms with Crippen molar-refractivity contribution >= 4 is 23.4 Å². The van der Waals surface area contributed by atoms with Crippen molar-refractivity contribution in [1.82, 2.24) is 9.97 Å². The first kappa shape index (κ1) is 13.9. The van der Waals surface area contributed by atoms with Gasteiger partial charge in [-0.15, -0.1) is 0 Å². The van der Waals surface area contributed by atoms with Gasteiger partial charge in [0.1, 0.15) is 17.4 Å². The number of benzene rings is 1. The highest BCUT2D eigenvalue weighted by Gasteiger charge is 2.18. The van der Waals surface area contributed by atoms with Crippen molar-refractivity contribution in [2.75, 3.05) is 23.7 Å². The predicted molar refractivity (Wildman–Crippen MR) is 80.0 cm³/mol. The number of phenolic OH excluding ortho intramolecular Hbond substituents is 1. The minimum absolute atomic E-state index is 0.0614. The van der Waals surface area contributed by atoms with Crippen LogP contribution in [-0.4, -0.2) is 28.2 Å². The molecule has 3 N–H and O–H groups in total. The van der Waals surface area contributed by atoms with Crippen LogP contribution in [0.2, 0.25) is 5.02 Å². The summed E-state index contributed by atoms with van der Waals surface area (Å²) in [4.78, 5) is 10.4. The van der Waals surface area contributed by atoms with E-state index in [9.17, 15) is 9.50 Å². The van der Waals surface area contributed by atoms with Gasteiger partial charge in [-0.05, 0) is 18.9 Å². The first-order valence-electron chi connectivity index (χ1n) is 6.62. The smallest absolute Gasteiger partial charge is 0.222 e. The van der Waals surface area contributed by atoms with Crippen LogP contribution < -0.4 is 10.6 Å². The van der Waals surface area contributed by atoms with E-state index >= 15 is 0 Å². The van der Waals surface area contributed by atoms with Crippen LogP contribution in [0, 0.1) is 5.82 Å². The lowest BCUT2D eigenvalue weighted by atomic mass is 10.1. The van der Waals surface area contributed by atoms with Gasteiger partial charge in [0.2, 0.25) is 5.95 Å². The Bertz CT molecular complexity index is 689. The van der Waals surface area contributed by atoms with Gasteiger partial charge in [-0.1, -0.05) is 11.6 Å². The van der Waals surface area contributed by atoms with Gasteiger partial charge in [-0.2, -0.15) is 4.98 Å². The molecule has 21 heavy (non-hydrogen) atoms. The summed E-state index contributed by atoms with van der Waals surface area (Å²) in [6.07, 6.45) is 2.19. The first-order chi connectivity index (χ1) is 10.0. The van der Waals surface area contributed by atoms with Crippen LogP contribution in [0.3, 0.4) is 0 Å². The second-order valence-electron chi connectivity index (χ2n) is 4.95.